The van der Waals surface area contributed by atoms with Crippen molar-refractivity contribution in [2.45, 2.75) is 319 Å². The van der Waals surface area contributed by atoms with Crippen molar-refractivity contribution < 1.29 is 88.3 Å². The van der Waals surface area contributed by atoms with Crippen molar-refractivity contribution >= 4 is 47.0 Å². The summed E-state index contributed by atoms with van der Waals surface area (Å²) in [6.07, 6.45) is 54.8. The zero-order chi connectivity index (χ0) is 82.3. The van der Waals surface area contributed by atoms with Gasteiger partial charge in [-0.15, -0.1) is 5.06 Å². The topological polar surface area (TPSA) is 310 Å². The van der Waals surface area contributed by atoms with E-state index < -0.39 is 17.8 Å². The Morgan fingerprint density at radius 2 is 0.973 bits per heavy atom. The van der Waals surface area contributed by atoms with Gasteiger partial charge >= 0.3 is 24.8 Å². The summed E-state index contributed by atoms with van der Waals surface area (Å²) in [7, 11) is 0. The molecule has 0 bridgehead atoms. The first-order valence-electron chi connectivity index (χ1n) is 40.5. The van der Waals surface area contributed by atoms with Crippen LogP contribution in [0, 0.1) is 77.3 Å². The smallest absolute Gasteiger partial charge is 0.870 e. The summed E-state index contributed by atoms with van der Waals surface area (Å²) in [5.41, 5.74) is 12.9. The van der Waals surface area contributed by atoms with Crippen molar-refractivity contribution in [3.63, 3.8) is 0 Å². The Bertz CT molecular complexity index is 3940. The Balaban J connectivity index is 0.000000402. The molecule has 0 radical (unpaired) electrons. The minimum Gasteiger partial charge on any atom is -0.870 e. The number of hydrogen-bond donors (Lipinski definition) is 4. The van der Waals surface area contributed by atoms with Crippen LogP contribution in [-0.2, 0) is 43.2 Å². The molecule has 618 valence electrons. The SMILES string of the molecule is CC(=O)CC(C)(C)CC[C@]1(C)CC[C@]2(C)C3=C/C=C/C(C)=C(/O)C(=O)/C=C/[C@]3(C)CC[C@@]2(C)C1.CC(=O)ON(C(C)=O)C(C)=O.CC1=C(/O)C(=O)/C=C/[C@]2(C)CC[C@@H](C)[C@@H]3C[C@](C)(N)CC[C@]3(C)CC[C@H](C)/C2=C/C=C/1.CC1=C(/O)C(=O)/C=C/[C@]2(C)CC[C@@]3(C)C[C@](C)(CCC(C)(C)N=C=O)CC[C@]3(C)\C2=C/C=C/1.O.[Li+].[OH-]. The number of aliphatic hydroxyl groups excluding tert-OH is 3. The van der Waals surface area contributed by atoms with E-state index in [0.29, 0.717) is 51.4 Å². The van der Waals surface area contributed by atoms with Gasteiger partial charge in [-0.2, -0.15) is 4.99 Å². The first-order valence-corrected chi connectivity index (χ1v) is 40.5. The second-order valence-electron chi connectivity index (χ2n) is 39.6. The molecule has 9 aliphatic carbocycles. The van der Waals surface area contributed by atoms with E-state index in [1.54, 1.807) is 52.0 Å². The van der Waals surface area contributed by atoms with Gasteiger partial charge in [0, 0.05) is 49.0 Å². The number of hydroxylamine groups is 2. The summed E-state index contributed by atoms with van der Waals surface area (Å²) in [5.74, 6) is -1.43. The van der Waals surface area contributed by atoms with Gasteiger partial charge in [-0.05, 0) is 279 Å². The van der Waals surface area contributed by atoms with E-state index in [4.69, 9.17) is 5.73 Å². The van der Waals surface area contributed by atoms with Crippen LogP contribution in [-0.4, -0.2) is 89.4 Å². The molecule has 0 saturated heterocycles. The summed E-state index contributed by atoms with van der Waals surface area (Å²) >= 11 is 0. The Morgan fingerprint density at radius 1 is 0.562 bits per heavy atom. The van der Waals surface area contributed by atoms with Gasteiger partial charge in [0.1, 0.15) is 5.78 Å². The Morgan fingerprint density at radius 3 is 1.37 bits per heavy atom. The molecule has 0 aromatic carbocycles. The average Bonchev–Trinajstić information content (AvgIpc) is 0.709. The zero-order valence-corrected chi connectivity index (χ0v) is 73.4. The molecule has 9 rings (SSSR count). The molecular weight excluding hydrogens is 1400 g/mol. The van der Waals surface area contributed by atoms with Gasteiger partial charge in [0.15, 0.2) is 17.3 Å². The molecule has 6 saturated carbocycles. The molecule has 0 spiro atoms. The average molecular weight is 1550 g/mol. The largest absolute Gasteiger partial charge is 1.00 e. The molecule has 6 fully saturated rings. The number of imide groups is 1. The maximum atomic E-state index is 12.5. The Hall–Kier alpha value is -6.57. The zero-order valence-electron chi connectivity index (χ0n) is 73.4. The number of carbonyl (C=O) groups is 7. The minimum absolute atomic E-state index is 0. The third kappa shape index (κ3) is 23.6. The molecule has 2 amide bonds. The molecule has 0 heterocycles. The van der Waals surface area contributed by atoms with Gasteiger partial charge in [0.25, 0.3) is 11.8 Å². The standard InChI is InChI=1S/C31H46O3.C29H41NO3.C28H43NO2.C6H9NO4.Li.2H2O/c1-22-10-9-11-25-29(6,13-12-24(33)26(22)34)17-18-30(7)21-28(5,16-19-31(25,30)8)15-14-27(3,4)20-23(2)32;1-21-9-8-10-23-27(5,12-11-22(32)24(21)33)16-17-28(6)19-26(4,15-18-29(23,28)7)14-13-25(2,3)30-20-31;1-19-10-14-27(5)16-17-28(6,29)18-23(27)20(2)11-13-26(4)15-12-24(30)25(31)21(3)8-7-9-22(19)26;1-4(8)7(5(2)9)11-6(3)10;;;/h9-13,34H,14-21H2,1-8H3;8-12,33H,13-19H2,1-7H3;7-9,12,15,19-20,23,31H,10-11,13-14,16-18,29H2,1-6H3;1-3H3;;2*1H2/q;;;;+1;;/p-1/b10-9+,13-12+,25-11?,26-22+;9-8+,12-11+,23-10-,24-21+;8-7+,15-12+,22-9-,25-21+;;;;/t28-,29-,30+,31-;26-,27-,28+,29-;19-,20+,23-,26-,27-,28+;;;;/m110..../s1. The number of rotatable bonds is 9. The number of ketones is 4. The minimum atomic E-state index is -0.699. The molecule has 9 aliphatic rings. The number of isocyanates is 1. The van der Waals surface area contributed by atoms with Gasteiger partial charge in [0.05, 0.1) is 5.54 Å². The number of fused-ring (bicyclic) bond motifs is 8. The van der Waals surface area contributed by atoms with Crippen LogP contribution in [0.4, 0.5) is 0 Å². The Kier molecular flexibility index (Phi) is 33.8. The predicted octanol–water partition coefficient (Wildman–Crippen LogP) is 18.2. The molecule has 112 heavy (non-hydrogen) atoms. The number of amides is 2. The molecule has 8 N–H and O–H groups in total. The number of nitrogens with two attached hydrogens (primary N) is 1. The van der Waals surface area contributed by atoms with Crippen LogP contribution >= 0.6 is 0 Å². The van der Waals surface area contributed by atoms with Crippen LogP contribution in [0.1, 0.15) is 307 Å². The maximum Gasteiger partial charge on any atom is 1.00 e. The summed E-state index contributed by atoms with van der Waals surface area (Å²) < 4.78 is 0. The summed E-state index contributed by atoms with van der Waals surface area (Å²) in [5, 5.41) is 31.1. The predicted molar refractivity (Wildman–Crippen MR) is 444 cm³/mol. The van der Waals surface area contributed by atoms with Gasteiger partial charge in [-0.3, -0.25) is 24.0 Å². The second kappa shape index (κ2) is 38.0. The number of aliphatic imine (C=N–C) groups is 1. The third-order valence-electron chi connectivity index (χ3n) is 28.6. The molecule has 0 aromatic heterocycles. The fourth-order valence-corrected chi connectivity index (χ4v) is 20.8. The summed E-state index contributed by atoms with van der Waals surface area (Å²) in [6, 6.07) is 0. The van der Waals surface area contributed by atoms with Gasteiger partial charge in [-0.1, -0.05) is 187 Å². The quantitative estimate of drug-likeness (QED) is 0.0722. The van der Waals surface area contributed by atoms with Crippen LogP contribution in [0.3, 0.4) is 0 Å². The van der Waals surface area contributed by atoms with Crippen LogP contribution in [0.25, 0.3) is 0 Å². The van der Waals surface area contributed by atoms with E-state index >= 15 is 0 Å². The van der Waals surface area contributed by atoms with Gasteiger partial charge in [0.2, 0.25) is 23.4 Å². The summed E-state index contributed by atoms with van der Waals surface area (Å²) in [6.45, 7) is 49.8. The number of hydrogen-bond acceptors (Lipinski definition) is 15. The van der Waals surface area contributed by atoms with Gasteiger partial charge in [-0.25, -0.2) is 9.59 Å². The van der Waals surface area contributed by atoms with Crippen molar-refractivity contribution in [1.82, 2.24) is 5.06 Å². The van der Waals surface area contributed by atoms with Crippen molar-refractivity contribution in [2.24, 2.45) is 88.0 Å². The molecule has 14 atom stereocenters. The van der Waals surface area contributed by atoms with E-state index in [0.717, 1.165) is 130 Å². The van der Waals surface area contributed by atoms with E-state index in [2.05, 4.69) is 138 Å². The van der Waals surface area contributed by atoms with E-state index in [1.165, 1.54) is 42.4 Å². The molecule has 18 heteroatoms. The first-order chi connectivity index (χ1) is 50.1. The first kappa shape index (κ1) is 99.6. The van der Waals surface area contributed by atoms with Gasteiger partial charge < -0.3 is 41.6 Å². The number of Topliss-reactive ketones (excluding diaryl/α,β-unsaturated/α-hetero) is 1. The Labute approximate surface area is 684 Å². The van der Waals surface area contributed by atoms with E-state index in [1.807, 2.05) is 62.5 Å². The number of nitrogens with zero attached hydrogens (tertiary/aromatic N) is 2. The van der Waals surface area contributed by atoms with Crippen LogP contribution in [0.15, 0.2) is 147 Å². The van der Waals surface area contributed by atoms with Crippen molar-refractivity contribution in [3.05, 3.63) is 142 Å². The van der Waals surface area contributed by atoms with Crippen molar-refractivity contribution in [2.75, 3.05) is 0 Å². The molecule has 0 aliphatic heterocycles. The monoisotopic (exact) mass is 1540 g/mol. The van der Waals surface area contributed by atoms with Crippen molar-refractivity contribution in [3.8, 4) is 0 Å². The fourth-order valence-electron chi connectivity index (χ4n) is 20.8. The fraction of sp³-hybridized carbons (Fsp3) is 0.660. The normalized spacial score (nSPS) is 39.2. The molecule has 17 nitrogen and oxygen atoms in total. The molecule has 0 aromatic rings. The van der Waals surface area contributed by atoms with E-state index in [-0.39, 0.29) is 135 Å². The number of allylic oxidation sites excluding steroid dienone is 21. The maximum absolute atomic E-state index is 12.5. The van der Waals surface area contributed by atoms with Crippen LogP contribution in [0.5, 0.6) is 0 Å². The van der Waals surface area contributed by atoms with Crippen molar-refractivity contribution in [1.29, 1.82) is 0 Å². The second-order valence-corrected chi connectivity index (χ2v) is 39.6. The van der Waals surface area contributed by atoms with Crippen LogP contribution < -0.4 is 24.6 Å². The third-order valence-corrected chi connectivity index (χ3v) is 28.6. The summed E-state index contributed by atoms with van der Waals surface area (Å²) in [4.78, 5) is 99.8. The number of carbonyl (C=O) groups excluding carboxylic acids is 8. The van der Waals surface area contributed by atoms with Crippen LogP contribution in [0.2, 0.25) is 0 Å². The molecular formula is C94H142LiN3O14. The molecule has 0 unspecified atom stereocenters. The van der Waals surface area contributed by atoms with E-state index in [9.17, 15) is 53.7 Å². The number of aliphatic hydroxyl groups is 3.